The van der Waals surface area contributed by atoms with Crippen LogP contribution in [-0.4, -0.2) is 23.7 Å². The van der Waals surface area contributed by atoms with E-state index in [2.05, 4.69) is 4.99 Å². The maximum atomic E-state index is 10.4. The van der Waals surface area contributed by atoms with Gasteiger partial charge in [-0.05, 0) is 26.2 Å². The zero-order valence-corrected chi connectivity index (χ0v) is 8.32. The van der Waals surface area contributed by atoms with Crippen LogP contribution < -0.4 is 0 Å². The maximum Gasteiger partial charge on any atom is 0.330 e. The average molecular weight is 197 g/mol. The number of rotatable bonds is 7. The molecule has 0 saturated heterocycles. The highest BCUT2D eigenvalue weighted by atomic mass is 16.4. The second-order valence-corrected chi connectivity index (χ2v) is 3.01. The first kappa shape index (κ1) is 12.6. The summed E-state index contributed by atoms with van der Waals surface area (Å²) >= 11 is 0. The molecule has 0 aliphatic rings. The minimum absolute atomic E-state index is 0.385. The fraction of sp³-hybridized carbons (Fsp3) is 0.600. The van der Waals surface area contributed by atoms with Gasteiger partial charge in [0, 0.05) is 5.57 Å². The Kier molecular flexibility index (Phi) is 7.37. The normalized spacial score (nSPS) is 10.8. The smallest absolute Gasteiger partial charge is 0.330 e. The third-order valence-electron chi connectivity index (χ3n) is 1.83. The molecule has 0 radical (unpaired) electrons. The van der Waals surface area contributed by atoms with Crippen molar-refractivity contribution in [1.82, 2.24) is 0 Å². The van der Waals surface area contributed by atoms with Crippen LogP contribution in [0.15, 0.2) is 16.6 Å². The van der Waals surface area contributed by atoms with Gasteiger partial charge in [0.1, 0.15) is 0 Å². The van der Waals surface area contributed by atoms with Crippen molar-refractivity contribution in [1.29, 1.82) is 0 Å². The average Bonchev–Trinajstić information content (AvgIpc) is 2.16. The molecule has 0 saturated carbocycles. The van der Waals surface area contributed by atoms with Crippen LogP contribution >= 0.6 is 0 Å². The van der Waals surface area contributed by atoms with Crippen molar-refractivity contribution in [3.63, 3.8) is 0 Å². The summed E-state index contributed by atoms with van der Waals surface area (Å²) in [4.78, 5) is 23.5. The molecule has 0 atom stereocenters. The van der Waals surface area contributed by atoms with Gasteiger partial charge in [0.25, 0.3) is 0 Å². The molecule has 0 aromatic heterocycles. The molecule has 0 aromatic carbocycles. The number of aliphatic carboxylic acids is 1. The summed E-state index contributed by atoms with van der Waals surface area (Å²) in [6.07, 6.45) is 6.70. The number of carbonyl (C=O) groups is 1. The molecule has 4 heteroatoms. The van der Waals surface area contributed by atoms with E-state index >= 15 is 0 Å². The predicted molar refractivity (Wildman–Crippen MR) is 52.8 cm³/mol. The first-order valence-corrected chi connectivity index (χ1v) is 4.62. The molecule has 78 valence electrons. The number of carboxylic acid groups (broad SMARTS) is 1. The van der Waals surface area contributed by atoms with E-state index in [0.29, 0.717) is 12.1 Å². The quantitative estimate of drug-likeness (QED) is 0.293. The van der Waals surface area contributed by atoms with Crippen LogP contribution in [0.25, 0.3) is 0 Å². The molecule has 0 amide bonds. The Bertz CT molecular complexity index is 252. The summed E-state index contributed by atoms with van der Waals surface area (Å²) < 4.78 is 0. The molecular formula is C10H15NO3. The molecule has 0 fully saturated rings. The number of nitrogens with zero attached hydrogens (tertiary/aromatic N) is 1. The van der Waals surface area contributed by atoms with Crippen LogP contribution in [0.2, 0.25) is 0 Å². The number of hydrogen-bond acceptors (Lipinski definition) is 3. The number of allylic oxidation sites excluding steroid dienone is 1. The lowest BCUT2D eigenvalue weighted by atomic mass is 10.1. The zero-order valence-electron chi connectivity index (χ0n) is 8.32. The molecule has 0 bridgehead atoms. The first-order chi connectivity index (χ1) is 6.68. The molecule has 0 spiro atoms. The zero-order chi connectivity index (χ0) is 10.8. The van der Waals surface area contributed by atoms with Crippen molar-refractivity contribution >= 4 is 12.0 Å². The van der Waals surface area contributed by atoms with Gasteiger partial charge in [-0.15, -0.1) is 0 Å². The molecule has 0 aliphatic heterocycles. The Balaban J connectivity index is 3.42. The van der Waals surface area contributed by atoms with Crippen LogP contribution in [0, 0.1) is 0 Å². The molecular weight excluding hydrogens is 182 g/mol. The van der Waals surface area contributed by atoms with Crippen LogP contribution in [0.4, 0.5) is 0 Å². The number of carboxylic acids is 1. The molecule has 0 rings (SSSR count). The van der Waals surface area contributed by atoms with E-state index in [1.807, 2.05) is 0 Å². The van der Waals surface area contributed by atoms with Gasteiger partial charge >= 0.3 is 5.97 Å². The Hall–Kier alpha value is -1.41. The van der Waals surface area contributed by atoms with Crippen molar-refractivity contribution < 1.29 is 14.7 Å². The largest absolute Gasteiger partial charge is 0.478 e. The van der Waals surface area contributed by atoms with E-state index in [9.17, 15) is 9.59 Å². The first-order valence-electron chi connectivity index (χ1n) is 4.62. The van der Waals surface area contributed by atoms with E-state index in [-0.39, 0.29) is 0 Å². The summed E-state index contributed by atoms with van der Waals surface area (Å²) in [5.41, 5.74) is 0.385. The topological polar surface area (TPSA) is 66.7 Å². The number of aliphatic imine (C=N–C) groups is 1. The van der Waals surface area contributed by atoms with Crippen molar-refractivity contribution in [3.8, 4) is 0 Å². The van der Waals surface area contributed by atoms with Gasteiger partial charge < -0.3 is 5.11 Å². The Morgan fingerprint density at radius 2 is 2.14 bits per heavy atom. The molecule has 14 heavy (non-hydrogen) atoms. The third kappa shape index (κ3) is 7.25. The number of hydrogen-bond donors (Lipinski definition) is 1. The molecule has 0 unspecified atom stereocenters. The summed E-state index contributed by atoms with van der Waals surface area (Å²) in [6.45, 7) is 2.10. The van der Waals surface area contributed by atoms with Crippen molar-refractivity contribution in [2.75, 3.05) is 6.54 Å². The van der Waals surface area contributed by atoms with E-state index in [1.54, 1.807) is 13.0 Å². The lowest BCUT2D eigenvalue weighted by molar-refractivity contribution is -0.132. The fourth-order valence-corrected chi connectivity index (χ4v) is 0.963. The third-order valence-corrected chi connectivity index (χ3v) is 1.83. The minimum Gasteiger partial charge on any atom is -0.478 e. The van der Waals surface area contributed by atoms with Gasteiger partial charge in [0.15, 0.2) is 0 Å². The van der Waals surface area contributed by atoms with Gasteiger partial charge in [-0.2, -0.15) is 0 Å². The standard InChI is InChI=1S/C10H15NO3/c1-9(10(13)14)6-4-2-3-5-7-11-8-12/h6H,2-5,7H2,1H3,(H,13,14). The fourth-order valence-electron chi connectivity index (χ4n) is 0.963. The highest BCUT2D eigenvalue weighted by molar-refractivity contribution is 5.85. The molecule has 0 aromatic rings. The predicted octanol–water partition coefficient (Wildman–Crippen LogP) is 1.91. The number of unbranched alkanes of at least 4 members (excludes halogenated alkanes) is 3. The monoisotopic (exact) mass is 197 g/mol. The van der Waals surface area contributed by atoms with E-state index < -0.39 is 5.97 Å². The van der Waals surface area contributed by atoms with Crippen LogP contribution in [-0.2, 0) is 9.59 Å². The summed E-state index contributed by atoms with van der Waals surface area (Å²) in [7, 11) is 0. The number of carbonyl (C=O) groups excluding carboxylic acids is 1. The van der Waals surface area contributed by atoms with Gasteiger partial charge in [-0.3, -0.25) is 0 Å². The second-order valence-electron chi connectivity index (χ2n) is 3.01. The van der Waals surface area contributed by atoms with Gasteiger partial charge in [-0.25, -0.2) is 14.6 Å². The van der Waals surface area contributed by atoms with Gasteiger partial charge in [0.2, 0.25) is 6.08 Å². The van der Waals surface area contributed by atoms with E-state index in [4.69, 9.17) is 5.11 Å². The summed E-state index contributed by atoms with van der Waals surface area (Å²) in [6, 6.07) is 0. The van der Waals surface area contributed by atoms with Crippen molar-refractivity contribution in [2.45, 2.75) is 32.6 Å². The number of isocyanates is 1. The Morgan fingerprint density at radius 1 is 1.43 bits per heavy atom. The van der Waals surface area contributed by atoms with Crippen LogP contribution in [0.1, 0.15) is 32.6 Å². The van der Waals surface area contributed by atoms with E-state index in [1.165, 1.54) is 6.08 Å². The highest BCUT2D eigenvalue weighted by Gasteiger charge is 1.97. The molecule has 0 heterocycles. The minimum atomic E-state index is -0.865. The van der Waals surface area contributed by atoms with Crippen LogP contribution in [0.5, 0.6) is 0 Å². The van der Waals surface area contributed by atoms with Gasteiger partial charge in [0.05, 0.1) is 6.54 Å². The van der Waals surface area contributed by atoms with Gasteiger partial charge in [-0.1, -0.05) is 12.5 Å². The molecule has 0 aliphatic carbocycles. The molecule has 1 N–H and O–H groups in total. The summed E-state index contributed by atoms with van der Waals surface area (Å²) in [5.74, 6) is -0.865. The maximum absolute atomic E-state index is 10.4. The SMILES string of the molecule is CC(=CCCCCCN=C=O)C(=O)O. The Morgan fingerprint density at radius 3 is 2.71 bits per heavy atom. The lowest BCUT2D eigenvalue weighted by Gasteiger charge is -1.95. The summed E-state index contributed by atoms with van der Waals surface area (Å²) in [5, 5.41) is 8.53. The lowest BCUT2D eigenvalue weighted by Crippen LogP contribution is -1.95. The van der Waals surface area contributed by atoms with Crippen molar-refractivity contribution in [3.05, 3.63) is 11.6 Å². The second kappa shape index (κ2) is 8.20. The molecule has 4 nitrogen and oxygen atoms in total. The highest BCUT2D eigenvalue weighted by Crippen LogP contribution is 2.03. The van der Waals surface area contributed by atoms with Crippen molar-refractivity contribution in [2.24, 2.45) is 4.99 Å². The Labute approximate surface area is 83.3 Å². The van der Waals surface area contributed by atoms with E-state index in [0.717, 1.165) is 25.7 Å². The van der Waals surface area contributed by atoms with Crippen LogP contribution in [0.3, 0.4) is 0 Å².